The van der Waals surface area contributed by atoms with E-state index in [0.717, 1.165) is 16.8 Å². The van der Waals surface area contributed by atoms with Crippen molar-refractivity contribution >= 4 is 17.9 Å². The number of carbonyl (C=O) groups excluding carboxylic acids is 1. The van der Waals surface area contributed by atoms with Crippen LogP contribution in [0.5, 0.6) is 0 Å². The van der Waals surface area contributed by atoms with E-state index >= 15 is 0 Å². The van der Waals surface area contributed by atoms with Gasteiger partial charge in [0.1, 0.15) is 6.61 Å². The largest absolute Gasteiger partial charge is 0.447 e. The number of cyclic esters (lactones) is 1. The van der Waals surface area contributed by atoms with Gasteiger partial charge in [0.05, 0.1) is 6.04 Å². The summed E-state index contributed by atoms with van der Waals surface area (Å²) in [5.41, 5.74) is 2.88. The monoisotopic (exact) mass is 265 g/mol. The molecule has 0 bridgehead atoms. The second kappa shape index (κ2) is 5.21. The van der Waals surface area contributed by atoms with Crippen molar-refractivity contribution in [3.8, 4) is 0 Å². The van der Waals surface area contributed by atoms with Crippen LogP contribution in [0.2, 0.25) is 0 Å². The molecule has 1 atom stereocenters. The molecule has 0 aromatic heterocycles. The van der Waals surface area contributed by atoms with E-state index < -0.39 is 0 Å². The minimum Gasteiger partial charge on any atom is -0.447 e. The summed E-state index contributed by atoms with van der Waals surface area (Å²) in [4.78, 5) is 13.7. The third kappa shape index (κ3) is 2.18. The van der Waals surface area contributed by atoms with Crippen molar-refractivity contribution in [2.24, 2.45) is 0 Å². The molecule has 1 aliphatic rings. The Bertz CT molecular complexity index is 636. The second-order valence-electron chi connectivity index (χ2n) is 4.67. The number of amides is 1. The second-order valence-corrected chi connectivity index (χ2v) is 4.67. The Kier molecular flexibility index (Phi) is 3.25. The molecule has 20 heavy (non-hydrogen) atoms. The third-order valence-corrected chi connectivity index (χ3v) is 3.44. The number of hydrogen-bond acceptors (Lipinski definition) is 2. The standard InChI is InChI=1S/C17H15NO2/c1-2-13-7-6-10-15(11-13)18-16(12-20-17(18)19)14-8-4-3-5-9-14/h2-11,16H,1,12H2/t16-/m0/s1. The maximum atomic E-state index is 12.0. The molecule has 0 saturated carbocycles. The van der Waals surface area contributed by atoms with Crippen LogP contribution < -0.4 is 4.90 Å². The van der Waals surface area contributed by atoms with Gasteiger partial charge in [-0.15, -0.1) is 0 Å². The maximum Gasteiger partial charge on any atom is 0.415 e. The average molecular weight is 265 g/mol. The van der Waals surface area contributed by atoms with Gasteiger partial charge in [0, 0.05) is 5.69 Å². The molecule has 0 spiro atoms. The van der Waals surface area contributed by atoms with Gasteiger partial charge in [-0.3, -0.25) is 4.90 Å². The van der Waals surface area contributed by atoms with Crippen LogP contribution in [0.3, 0.4) is 0 Å². The Morgan fingerprint density at radius 2 is 1.95 bits per heavy atom. The summed E-state index contributed by atoms with van der Waals surface area (Å²) in [7, 11) is 0. The summed E-state index contributed by atoms with van der Waals surface area (Å²) in [5.74, 6) is 0. The molecule has 3 nitrogen and oxygen atoms in total. The predicted octanol–water partition coefficient (Wildman–Crippen LogP) is 4.03. The lowest BCUT2D eigenvalue weighted by Gasteiger charge is -2.22. The summed E-state index contributed by atoms with van der Waals surface area (Å²) in [6.07, 6.45) is 1.46. The minimum atomic E-state index is -0.305. The van der Waals surface area contributed by atoms with E-state index in [4.69, 9.17) is 4.74 Å². The molecule has 1 saturated heterocycles. The first kappa shape index (κ1) is 12.5. The number of carbonyl (C=O) groups is 1. The topological polar surface area (TPSA) is 29.5 Å². The van der Waals surface area contributed by atoms with Gasteiger partial charge in [-0.1, -0.05) is 55.1 Å². The van der Waals surface area contributed by atoms with Crippen molar-refractivity contribution < 1.29 is 9.53 Å². The highest BCUT2D eigenvalue weighted by Crippen LogP contribution is 2.33. The highest BCUT2D eigenvalue weighted by atomic mass is 16.6. The zero-order valence-corrected chi connectivity index (χ0v) is 11.0. The molecule has 0 N–H and O–H groups in total. The quantitative estimate of drug-likeness (QED) is 0.838. The molecule has 3 rings (SSSR count). The van der Waals surface area contributed by atoms with E-state index in [1.54, 1.807) is 11.0 Å². The van der Waals surface area contributed by atoms with Gasteiger partial charge in [-0.25, -0.2) is 4.79 Å². The molecule has 1 amide bonds. The van der Waals surface area contributed by atoms with Crippen molar-refractivity contribution in [2.45, 2.75) is 6.04 Å². The molecule has 0 radical (unpaired) electrons. The Hall–Kier alpha value is -2.55. The van der Waals surface area contributed by atoms with Crippen LogP contribution in [-0.4, -0.2) is 12.7 Å². The van der Waals surface area contributed by atoms with E-state index in [9.17, 15) is 4.79 Å². The van der Waals surface area contributed by atoms with Gasteiger partial charge >= 0.3 is 6.09 Å². The van der Waals surface area contributed by atoms with E-state index in [1.807, 2.05) is 54.6 Å². The first-order valence-electron chi connectivity index (χ1n) is 6.53. The molecule has 100 valence electrons. The molecule has 0 unspecified atom stereocenters. The molecule has 1 aliphatic heterocycles. The Morgan fingerprint density at radius 3 is 2.70 bits per heavy atom. The summed E-state index contributed by atoms with van der Waals surface area (Å²) in [6.45, 7) is 4.14. The normalized spacial score (nSPS) is 17.9. The fraction of sp³-hybridized carbons (Fsp3) is 0.118. The number of nitrogens with zero attached hydrogens (tertiary/aromatic N) is 1. The summed E-state index contributed by atoms with van der Waals surface area (Å²) in [5, 5.41) is 0. The van der Waals surface area contributed by atoms with E-state index in [2.05, 4.69) is 6.58 Å². The van der Waals surface area contributed by atoms with E-state index in [0.29, 0.717) is 6.61 Å². The number of benzene rings is 2. The molecule has 1 fully saturated rings. The van der Waals surface area contributed by atoms with Crippen molar-refractivity contribution in [3.05, 3.63) is 72.3 Å². The summed E-state index contributed by atoms with van der Waals surface area (Å²) in [6, 6.07) is 17.6. The highest BCUT2D eigenvalue weighted by molar-refractivity contribution is 5.91. The van der Waals surface area contributed by atoms with Crippen LogP contribution in [0.4, 0.5) is 10.5 Å². The van der Waals surface area contributed by atoms with Crippen LogP contribution >= 0.6 is 0 Å². The van der Waals surface area contributed by atoms with Crippen LogP contribution in [-0.2, 0) is 4.74 Å². The molecule has 3 heteroatoms. The predicted molar refractivity (Wildman–Crippen MR) is 79.5 cm³/mol. The molecular weight excluding hydrogens is 250 g/mol. The first-order valence-corrected chi connectivity index (χ1v) is 6.53. The van der Waals surface area contributed by atoms with Crippen molar-refractivity contribution in [3.63, 3.8) is 0 Å². The van der Waals surface area contributed by atoms with Crippen molar-refractivity contribution in [1.29, 1.82) is 0 Å². The van der Waals surface area contributed by atoms with Crippen LogP contribution in [0.25, 0.3) is 6.08 Å². The summed E-state index contributed by atoms with van der Waals surface area (Å²) < 4.78 is 5.22. The van der Waals surface area contributed by atoms with Crippen molar-refractivity contribution in [2.75, 3.05) is 11.5 Å². The van der Waals surface area contributed by atoms with E-state index in [-0.39, 0.29) is 12.1 Å². The van der Waals surface area contributed by atoms with Gasteiger partial charge < -0.3 is 4.74 Å². The van der Waals surface area contributed by atoms with Crippen molar-refractivity contribution in [1.82, 2.24) is 0 Å². The lowest BCUT2D eigenvalue weighted by atomic mass is 10.1. The van der Waals surface area contributed by atoms with Crippen LogP contribution in [0.15, 0.2) is 61.2 Å². The summed E-state index contributed by atoms with van der Waals surface area (Å²) >= 11 is 0. The fourth-order valence-electron chi connectivity index (χ4n) is 2.43. The Labute approximate surface area is 118 Å². The first-order chi connectivity index (χ1) is 9.79. The van der Waals surface area contributed by atoms with Gasteiger partial charge in [0.15, 0.2) is 0 Å². The van der Waals surface area contributed by atoms with Gasteiger partial charge in [0.2, 0.25) is 0 Å². The van der Waals surface area contributed by atoms with Gasteiger partial charge in [0.25, 0.3) is 0 Å². The van der Waals surface area contributed by atoms with Crippen LogP contribution in [0.1, 0.15) is 17.2 Å². The highest BCUT2D eigenvalue weighted by Gasteiger charge is 2.35. The molecule has 2 aromatic rings. The third-order valence-electron chi connectivity index (χ3n) is 3.44. The maximum absolute atomic E-state index is 12.0. The number of anilines is 1. The number of rotatable bonds is 3. The molecule has 2 aromatic carbocycles. The fourth-order valence-corrected chi connectivity index (χ4v) is 2.43. The number of hydrogen-bond donors (Lipinski definition) is 0. The lowest BCUT2D eigenvalue weighted by Crippen LogP contribution is -2.27. The van der Waals surface area contributed by atoms with Crippen LogP contribution in [0, 0.1) is 0 Å². The lowest BCUT2D eigenvalue weighted by molar-refractivity contribution is 0.179. The minimum absolute atomic E-state index is 0.0798. The SMILES string of the molecule is C=Cc1cccc(N2C(=O)OC[C@H]2c2ccccc2)c1. The Morgan fingerprint density at radius 1 is 1.15 bits per heavy atom. The molecular formula is C17H15NO2. The zero-order chi connectivity index (χ0) is 13.9. The molecule has 1 heterocycles. The number of ether oxygens (including phenoxy) is 1. The average Bonchev–Trinajstić information content (AvgIpc) is 2.90. The van der Waals surface area contributed by atoms with Gasteiger partial charge in [-0.2, -0.15) is 0 Å². The van der Waals surface area contributed by atoms with Gasteiger partial charge in [-0.05, 0) is 23.3 Å². The van der Waals surface area contributed by atoms with E-state index in [1.165, 1.54) is 0 Å². The smallest absolute Gasteiger partial charge is 0.415 e. The zero-order valence-electron chi connectivity index (χ0n) is 11.0. The molecule has 0 aliphatic carbocycles. The Balaban J connectivity index is 2.00.